The van der Waals surface area contributed by atoms with Crippen LogP contribution in [0.4, 0.5) is 5.69 Å². The van der Waals surface area contributed by atoms with Crippen LogP contribution in [-0.4, -0.2) is 23.5 Å². The molecule has 3 nitrogen and oxygen atoms in total. The van der Waals surface area contributed by atoms with E-state index in [1.165, 1.54) is 5.56 Å². The normalized spacial score (nSPS) is 18.5. The molecule has 5 heteroatoms. The number of likely N-dealkylation sites (tertiary alicyclic amines) is 1. The lowest BCUT2D eigenvalue weighted by Gasteiger charge is -2.40. The van der Waals surface area contributed by atoms with Crippen LogP contribution in [0.5, 0.6) is 0 Å². The van der Waals surface area contributed by atoms with Crippen molar-refractivity contribution in [3.8, 4) is 6.07 Å². The number of rotatable bonds is 4. The molecule has 0 saturated carbocycles. The third-order valence-electron chi connectivity index (χ3n) is 4.49. The van der Waals surface area contributed by atoms with E-state index in [0.29, 0.717) is 9.07 Å². The first kappa shape index (κ1) is 17.5. The van der Waals surface area contributed by atoms with Crippen LogP contribution in [0.1, 0.15) is 22.5 Å². The molecule has 1 aliphatic rings. The van der Waals surface area contributed by atoms with Gasteiger partial charge in [-0.25, -0.2) is 0 Å². The molecular formula is C19H19ClIN3. The van der Waals surface area contributed by atoms with E-state index in [4.69, 9.17) is 11.6 Å². The predicted molar refractivity (Wildman–Crippen MR) is 107 cm³/mol. The minimum Gasteiger partial charge on any atom is -0.367 e. The van der Waals surface area contributed by atoms with E-state index >= 15 is 0 Å². The number of nitrogens with zero attached hydrogens (tertiary/aromatic N) is 2. The number of anilines is 1. The van der Waals surface area contributed by atoms with E-state index in [9.17, 15) is 5.26 Å². The summed E-state index contributed by atoms with van der Waals surface area (Å²) in [5.41, 5.74) is 1.76. The summed E-state index contributed by atoms with van der Waals surface area (Å²) in [6.07, 6.45) is 1.61. The summed E-state index contributed by atoms with van der Waals surface area (Å²) in [6, 6.07) is 20.6. The average Bonchev–Trinajstić information content (AvgIpc) is 2.64. The van der Waals surface area contributed by atoms with Gasteiger partial charge in [0.1, 0.15) is 5.54 Å². The predicted octanol–water partition coefficient (Wildman–Crippen LogP) is 5.24. The van der Waals surface area contributed by atoms with Crippen LogP contribution in [-0.2, 0) is 0 Å². The second-order valence-electron chi connectivity index (χ2n) is 6.11. The van der Waals surface area contributed by atoms with Crippen molar-refractivity contribution in [2.45, 2.75) is 22.4 Å². The van der Waals surface area contributed by atoms with Crippen LogP contribution in [0, 0.1) is 11.3 Å². The summed E-state index contributed by atoms with van der Waals surface area (Å²) < 4.78 is 0.344. The van der Waals surface area contributed by atoms with Gasteiger partial charge in [0.2, 0.25) is 0 Å². The summed E-state index contributed by atoms with van der Waals surface area (Å²) in [6.45, 7) is 1.80. The van der Waals surface area contributed by atoms with Gasteiger partial charge in [-0.3, -0.25) is 4.90 Å². The lowest BCUT2D eigenvalue weighted by Crippen LogP contribution is -2.48. The van der Waals surface area contributed by atoms with Crippen LogP contribution >= 0.6 is 34.2 Å². The second-order valence-corrected chi connectivity index (χ2v) is 7.72. The van der Waals surface area contributed by atoms with Crippen molar-refractivity contribution in [2.24, 2.45) is 0 Å². The number of alkyl halides is 1. The number of benzene rings is 2. The largest absolute Gasteiger partial charge is 0.367 e. The maximum absolute atomic E-state index is 9.74. The van der Waals surface area contributed by atoms with Crippen molar-refractivity contribution < 1.29 is 0 Å². The summed E-state index contributed by atoms with van der Waals surface area (Å²) in [7, 11) is 0. The van der Waals surface area contributed by atoms with E-state index in [1.54, 1.807) is 0 Å². The second kappa shape index (κ2) is 7.73. The van der Waals surface area contributed by atoms with E-state index in [2.05, 4.69) is 63.1 Å². The molecule has 1 atom stereocenters. The maximum atomic E-state index is 9.74. The first-order valence-corrected chi connectivity index (χ1v) is 9.62. The third-order valence-corrected chi connectivity index (χ3v) is 6.25. The van der Waals surface area contributed by atoms with Gasteiger partial charge >= 0.3 is 0 Å². The Morgan fingerprint density at radius 1 is 1.08 bits per heavy atom. The number of nitrogens with one attached hydrogen (secondary N) is 1. The standard InChI is InChI=1S/C19H19ClIN3/c20-16-6-8-17(9-7-16)23-19(14-22)10-12-24(13-11-19)18(21)15-4-2-1-3-5-15/h1-9,18,23H,10-13H2. The molecule has 0 amide bonds. The fourth-order valence-corrected chi connectivity index (χ4v) is 4.13. The molecule has 0 radical (unpaired) electrons. The Labute approximate surface area is 161 Å². The fourth-order valence-electron chi connectivity index (χ4n) is 3.03. The summed E-state index contributed by atoms with van der Waals surface area (Å²) in [5, 5.41) is 13.9. The van der Waals surface area contributed by atoms with Gasteiger partial charge < -0.3 is 5.32 Å². The van der Waals surface area contributed by atoms with Gasteiger partial charge in [0, 0.05) is 23.8 Å². The highest BCUT2D eigenvalue weighted by Crippen LogP contribution is 2.34. The zero-order chi connectivity index (χ0) is 17.0. The minimum absolute atomic E-state index is 0.344. The number of hydrogen-bond donors (Lipinski definition) is 1. The van der Waals surface area contributed by atoms with Crippen molar-refractivity contribution in [1.82, 2.24) is 4.90 Å². The Kier molecular flexibility index (Phi) is 5.65. The molecule has 1 heterocycles. The Bertz CT molecular complexity index is 704. The molecule has 1 fully saturated rings. The van der Waals surface area contributed by atoms with Crippen LogP contribution in [0.15, 0.2) is 54.6 Å². The van der Waals surface area contributed by atoms with E-state index < -0.39 is 5.54 Å². The molecule has 2 aromatic carbocycles. The van der Waals surface area contributed by atoms with Crippen LogP contribution in [0.25, 0.3) is 0 Å². The highest BCUT2D eigenvalue weighted by atomic mass is 127. The molecule has 1 N–H and O–H groups in total. The molecule has 0 spiro atoms. The topological polar surface area (TPSA) is 39.1 Å². The SMILES string of the molecule is N#CC1(Nc2ccc(Cl)cc2)CCN(C(I)c2ccccc2)CC1. The Balaban J connectivity index is 1.65. The summed E-state index contributed by atoms with van der Waals surface area (Å²) in [5.74, 6) is 0. The Morgan fingerprint density at radius 3 is 2.29 bits per heavy atom. The van der Waals surface area contributed by atoms with Gasteiger partial charge in [0.15, 0.2) is 0 Å². The van der Waals surface area contributed by atoms with Crippen molar-refractivity contribution in [3.63, 3.8) is 0 Å². The van der Waals surface area contributed by atoms with Crippen molar-refractivity contribution in [3.05, 3.63) is 65.2 Å². The van der Waals surface area contributed by atoms with Gasteiger partial charge in [-0.2, -0.15) is 5.26 Å². The van der Waals surface area contributed by atoms with Gasteiger partial charge in [-0.15, -0.1) is 0 Å². The van der Waals surface area contributed by atoms with Gasteiger partial charge in [-0.1, -0.05) is 64.5 Å². The fraction of sp³-hybridized carbons (Fsp3) is 0.316. The molecule has 0 aromatic heterocycles. The minimum atomic E-state index is -0.503. The summed E-state index contributed by atoms with van der Waals surface area (Å²) >= 11 is 8.42. The monoisotopic (exact) mass is 451 g/mol. The molecule has 3 rings (SSSR count). The van der Waals surface area contributed by atoms with E-state index in [-0.39, 0.29) is 0 Å². The van der Waals surface area contributed by atoms with Crippen LogP contribution in [0.2, 0.25) is 5.02 Å². The average molecular weight is 452 g/mol. The number of piperidine rings is 1. The third kappa shape index (κ3) is 4.02. The van der Waals surface area contributed by atoms with Gasteiger partial charge in [0.25, 0.3) is 0 Å². The van der Waals surface area contributed by atoms with Crippen LogP contribution in [0.3, 0.4) is 0 Å². The molecule has 0 bridgehead atoms. The summed E-state index contributed by atoms with van der Waals surface area (Å²) in [4.78, 5) is 2.44. The lowest BCUT2D eigenvalue weighted by molar-refractivity contribution is 0.192. The number of hydrogen-bond acceptors (Lipinski definition) is 3. The zero-order valence-corrected chi connectivity index (χ0v) is 16.2. The first-order valence-electron chi connectivity index (χ1n) is 8.00. The van der Waals surface area contributed by atoms with E-state index in [0.717, 1.165) is 31.6 Å². The molecule has 0 aliphatic carbocycles. The van der Waals surface area contributed by atoms with Crippen molar-refractivity contribution in [2.75, 3.05) is 18.4 Å². The maximum Gasteiger partial charge on any atom is 0.127 e. The molecule has 1 aliphatic heterocycles. The highest BCUT2D eigenvalue weighted by molar-refractivity contribution is 14.1. The Morgan fingerprint density at radius 2 is 1.71 bits per heavy atom. The smallest absolute Gasteiger partial charge is 0.127 e. The van der Waals surface area contributed by atoms with Crippen molar-refractivity contribution in [1.29, 1.82) is 5.26 Å². The molecule has 24 heavy (non-hydrogen) atoms. The molecular weight excluding hydrogens is 433 g/mol. The zero-order valence-electron chi connectivity index (χ0n) is 13.3. The molecule has 2 aromatic rings. The van der Waals surface area contributed by atoms with Gasteiger partial charge in [0.05, 0.1) is 10.1 Å². The lowest BCUT2D eigenvalue weighted by atomic mass is 9.88. The highest BCUT2D eigenvalue weighted by Gasteiger charge is 2.36. The quantitative estimate of drug-likeness (QED) is 0.392. The molecule has 1 saturated heterocycles. The van der Waals surface area contributed by atoms with E-state index in [1.807, 2.05) is 30.3 Å². The first-order chi connectivity index (χ1) is 11.6. The number of halogens is 2. The molecule has 1 unspecified atom stereocenters. The Hall–Kier alpha value is -1.29. The van der Waals surface area contributed by atoms with Gasteiger partial charge in [-0.05, 0) is 42.7 Å². The molecule has 124 valence electrons. The van der Waals surface area contributed by atoms with Crippen LogP contribution < -0.4 is 5.32 Å². The number of nitriles is 1. The van der Waals surface area contributed by atoms with Crippen molar-refractivity contribution >= 4 is 39.9 Å².